The van der Waals surface area contributed by atoms with E-state index in [1.165, 1.54) is 44.7 Å². The van der Waals surface area contributed by atoms with Crippen LogP contribution in [-0.4, -0.2) is 61.4 Å². The second-order valence-electron chi connectivity index (χ2n) is 5.97. The van der Waals surface area contributed by atoms with Gasteiger partial charge in [0, 0.05) is 13.1 Å². The van der Waals surface area contributed by atoms with Gasteiger partial charge in [0.05, 0.1) is 25.7 Å². The Hall–Kier alpha value is -0.785. The first-order valence-electron chi connectivity index (χ1n) is 7.38. The van der Waals surface area contributed by atoms with Gasteiger partial charge >= 0.3 is 7.25 Å². The van der Waals surface area contributed by atoms with Gasteiger partial charge in [0.15, 0.2) is 6.00 Å². The zero-order valence-electron chi connectivity index (χ0n) is 12.3. The third-order valence-corrected chi connectivity index (χ3v) is 4.91. The van der Waals surface area contributed by atoms with Gasteiger partial charge in [-0.15, -0.1) is 0 Å². The van der Waals surface area contributed by atoms with E-state index in [4.69, 9.17) is 11.6 Å². The molecule has 1 aromatic rings. The molecule has 3 aliphatic heterocycles. The summed E-state index contributed by atoms with van der Waals surface area (Å²) in [5.74, 6) is 0. The Morgan fingerprint density at radius 1 is 1.09 bits per heavy atom. The summed E-state index contributed by atoms with van der Waals surface area (Å²) in [7, 11) is -6.00. The lowest BCUT2D eigenvalue weighted by molar-refractivity contribution is -0.934. The van der Waals surface area contributed by atoms with Gasteiger partial charge in [0.25, 0.3) is 0 Å². The van der Waals surface area contributed by atoms with E-state index in [0.29, 0.717) is 6.04 Å². The van der Waals surface area contributed by atoms with Crippen LogP contribution in [0.3, 0.4) is 0 Å². The van der Waals surface area contributed by atoms with Crippen LogP contribution in [-0.2, 0) is 6.42 Å². The first kappa shape index (κ1) is 17.6. The van der Waals surface area contributed by atoms with E-state index in [-0.39, 0.29) is 0 Å². The second kappa shape index (κ2) is 7.19. The van der Waals surface area contributed by atoms with Crippen LogP contribution < -0.4 is 0 Å². The van der Waals surface area contributed by atoms with Gasteiger partial charge < -0.3 is 21.7 Å². The molecule has 4 rings (SSSR count). The molecule has 8 heteroatoms. The first-order valence-corrected chi connectivity index (χ1v) is 7.91. The fourth-order valence-electron chi connectivity index (χ4n) is 3.26. The van der Waals surface area contributed by atoms with Crippen molar-refractivity contribution in [3.8, 4) is 0 Å². The molecule has 3 heterocycles. The lowest BCUT2D eigenvalue weighted by Crippen LogP contribution is -2.70. The SMILES string of the molecule is ClC[N+]12CCN(CC1)[C@@H](Cc1ccccc1)C2.F[B-](F)(F)F. The lowest BCUT2D eigenvalue weighted by Gasteiger charge is -2.53. The molecule has 0 aliphatic carbocycles. The van der Waals surface area contributed by atoms with Crippen molar-refractivity contribution in [2.75, 3.05) is 38.7 Å². The summed E-state index contributed by atoms with van der Waals surface area (Å²) in [4.78, 5) is 2.65. The van der Waals surface area contributed by atoms with Crippen LogP contribution in [0.4, 0.5) is 17.3 Å². The molecule has 1 atom stereocenters. The highest BCUT2D eigenvalue weighted by atomic mass is 35.5. The summed E-state index contributed by atoms with van der Waals surface area (Å²) in [5, 5.41) is 0. The third kappa shape index (κ3) is 5.14. The normalized spacial score (nSPS) is 30.6. The van der Waals surface area contributed by atoms with E-state index < -0.39 is 7.25 Å². The predicted octanol–water partition coefficient (Wildman–Crippen LogP) is 3.24. The number of hydrogen-bond donors (Lipinski definition) is 0. The Kier molecular flexibility index (Phi) is 5.74. The highest BCUT2D eigenvalue weighted by molar-refractivity contribution is 6.50. The summed E-state index contributed by atoms with van der Waals surface area (Å²) in [6, 6.07) is 12.3. The predicted molar refractivity (Wildman–Crippen MR) is 81.3 cm³/mol. The van der Waals surface area contributed by atoms with Crippen molar-refractivity contribution in [1.82, 2.24) is 4.90 Å². The van der Waals surface area contributed by atoms with E-state index in [1.54, 1.807) is 0 Å². The number of piperazine rings is 3. The molecule has 3 aliphatic rings. The van der Waals surface area contributed by atoms with E-state index >= 15 is 0 Å². The molecule has 0 amide bonds. The number of hydrogen-bond acceptors (Lipinski definition) is 1. The molecular formula is C14H20BClF4N2. The summed E-state index contributed by atoms with van der Waals surface area (Å²) in [5.41, 5.74) is 1.46. The fourth-order valence-corrected chi connectivity index (χ4v) is 3.60. The first-order chi connectivity index (χ1) is 10.3. The van der Waals surface area contributed by atoms with Crippen LogP contribution in [0, 0.1) is 0 Å². The highest BCUT2D eigenvalue weighted by Crippen LogP contribution is 2.26. The van der Waals surface area contributed by atoms with Gasteiger partial charge in [-0.2, -0.15) is 0 Å². The van der Waals surface area contributed by atoms with Crippen LogP contribution in [0.2, 0.25) is 0 Å². The number of nitrogens with zero attached hydrogens (tertiary/aromatic N) is 2. The molecule has 2 nitrogen and oxygen atoms in total. The lowest BCUT2D eigenvalue weighted by atomic mass is 9.98. The van der Waals surface area contributed by atoms with Crippen LogP contribution in [0.1, 0.15) is 5.56 Å². The Balaban J connectivity index is 0.000000309. The van der Waals surface area contributed by atoms with E-state index in [9.17, 15) is 17.3 Å². The van der Waals surface area contributed by atoms with Crippen molar-refractivity contribution in [1.29, 1.82) is 0 Å². The maximum atomic E-state index is 9.75. The zero-order chi connectivity index (χ0) is 16.2. The monoisotopic (exact) mass is 338 g/mol. The van der Waals surface area contributed by atoms with Crippen molar-refractivity contribution >= 4 is 18.9 Å². The van der Waals surface area contributed by atoms with Gasteiger partial charge in [-0.25, -0.2) is 0 Å². The average Bonchev–Trinajstić information content (AvgIpc) is 2.48. The minimum atomic E-state index is -6.00. The molecule has 22 heavy (non-hydrogen) atoms. The number of quaternary nitrogens is 1. The van der Waals surface area contributed by atoms with Crippen molar-refractivity contribution in [2.24, 2.45) is 0 Å². The molecule has 0 saturated carbocycles. The molecule has 0 radical (unpaired) electrons. The molecule has 2 bridgehead atoms. The minimum Gasteiger partial charge on any atom is -0.418 e. The van der Waals surface area contributed by atoms with Gasteiger partial charge in [-0.05, 0) is 12.0 Å². The highest BCUT2D eigenvalue weighted by Gasteiger charge is 2.43. The molecular weight excluding hydrogens is 318 g/mol. The Morgan fingerprint density at radius 2 is 1.64 bits per heavy atom. The fraction of sp³-hybridized carbons (Fsp3) is 0.571. The summed E-state index contributed by atoms with van der Waals surface area (Å²) < 4.78 is 40.1. The van der Waals surface area contributed by atoms with E-state index in [2.05, 4.69) is 35.2 Å². The van der Waals surface area contributed by atoms with E-state index in [1.807, 2.05) is 0 Å². The van der Waals surface area contributed by atoms with Gasteiger partial charge in [0.2, 0.25) is 0 Å². The Labute approximate surface area is 133 Å². The van der Waals surface area contributed by atoms with Crippen LogP contribution in [0.15, 0.2) is 30.3 Å². The average molecular weight is 339 g/mol. The molecule has 1 aromatic carbocycles. The number of benzene rings is 1. The maximum Gasteiger partial charge on any atom is 0.673 e. The molecule has 3 fully saturated rings. The molecule has 3 saturated heterocycles. The maximum absolute atomic E-state index is 9.75. The third-order valence-electron chi connectivity index (χ3n) is 4.41. The van der Waals surface area contributed by atoms with Crippen LogP contribution in [0.5, 0.6) is 0 Å². The smallest absolute Gasteiger partial charge is 0.418 e. The van der Waals surface area contributed by atoms with Crippen molar-refractivity contribution in [2.45, 2.75) is 12.5 Å². The van der Waals surface area contributed by atoms with Crippen molar-refractivity contribution in [3.05, 3.63) is 35.9 Å². The number of fused-ring (bicyclic) bond motifs is 3. The van der Waals surface area contributed by atoms with Gasteiger partial charge in [0.1, 0.15) is 0 Å². The topological polar surface area (TPSA) is 3.24 Å². The van der Waals surface area contributed by atoms with Crippen molar-refractivity contribution in [3.63, 3.8) is 0 Å². The summed E-state index contributed by atoms with van der Waals surface area (Å²) in [6.07, 6.45) is 1.18. The Bertz CT molecular complexity index is 458. The summed E-state index contributed by atoms with van der Waals surface area (Å²) in [6.45, 7) is 6.18. The van der Waals surface area contributed by atoms with Crippen LogP contribution >= 0.6 is 11.6 Å². The van der Waals surface area contributed by atoms with Gasteiger partial charge in [-0.1, -0.05) is 41.9 Å². The van der Waals surface area contributed by atoms with Crippen LogP contribution in [0.25, 0.3) is 0 Å². The zero-order valence-corrected chi connectivity index (χ0v) is 13.0. The standard InChI is InChI=1S/C14H20ClN2.BF4/c15-12-17-8-6-16(7-9-17)14(11-17)10-13-4-2-1-3-5-13;2-1(3,4)5/h1-5,14H,6-12H2;/q+1;-1/t14-;/m0./s1. The van der Waals surface area contributed by atoms with E-state index in [0.717, 1.165) is 10.5 Å². The van der Waals surface area contributed by atoms with Crippen molar-refractivity contribution < 1.29 is 21.7 Å². The largest absolute Gasteiger partial charge is 0.673 e. The molecule has 0 spiro atoms. The quantitative estimate of drug-likeness (QED) is 0.269. The number of alkyl halides is 1. The molecule has 0 N–H and O–H groups in total. The number of halogens is 5. The van der Waals surface area contributed by atoms with Gasteiger partial charge in [-0.3, -0.25) is 4.90 Å². The minimum absolute atomic E-state index is 0.693. The molecule has 0 unspecified atom stereocenters. The second-order valence-corrected chi connectivity index (χ2v) is 6.20. The molecule has 0 aromatic heterocycles. The molecule has 124 valence electrons. The number of rotatable bonds is 3. The Morgan fingerprint density at radius 3 is 2.14 bits per heavy atom. The summed E-state index contributed by atoms with van der Waals surface area (Å²) >= 11 is 6.18.